The number of carbonyl (C=O) groups excluding carboxylic acids is 1. The van der Waals surface area contributed by atoms with E-state index < -0.39 is 10.0 Å². The van der Waals surface area contributed by atoms with E-state index in [2.05, 4.69) is 10.0 Å². The van der Waals surface area contributed by atoms with Crippen molar-refractivity contribution in [3.63, 3.8) is 0 Å². The largest absolute Gasteiger partial charge is 0.339 e. The van der Waals surface area contributed by atoms with Crippen molar-refractivity contribution >= 4 is 33.4 Å². The van der Waals surface area contributed by atoms with Gasteiger partial charge in [-0.25, -0.2) is 8.42 Å². The zero-order chi connectivity index (χ0) is 18.1. The van der Waals surface area contributed by atoms with Crippen LogP contribution < -0.4 is 10.0 Å². The van der Waals surface area contributed by atoms with Gasteiger partial charge >= 0.3 is 0 Å². The first-order valence-corrected chi connectivity index (χ1v) is 11.2. The van der Waals surface area contributed by atoms with E-state index in [4.69, 9.17) is 0 Å². The van der Waals surface area contributed by atoms with Crippen molar-refractivity contribution in [3.05, 3.63) is 59.2 Å². The number of hydrogen-bond donors (Lipinski definition) is 2. The number of anilines is 1. The van der Waals surface area contributed by atoms with Crippen molar-refractivity contribution in [1.29, 1.82) is 0 Å². The highest BCUT2D eigenvalue weighted by Gasteiger charge is 2.24. The third kappa shape index (κ3) is 3.59. The van der Waals surface area contributed by atoms with E-state index in [9.17, 15) is 13.2 Å². The summed E-state index contributed by atoms with van der Waals surface area (Å²) in [7, 11) is -3.64. The standard InChI is InChI=1S/C19H20N2O3S2/c22-18-12-25-19(20-18)15-6-3-7-16(10-15)21-26(23,24)17-9-8-13-4-1-2-5-14(13)11-17/h3,6-11,19,21H,1-2,4-5,12H2,(H,20,22)/t19-/m1/s1. The molecule has 0 spiro atoms. The van der Waals surface area contributed by atoms with Crippen LogP contribution in [0.1, 0.15) is 34.9 Å². The molecule has 0 unspecified atom stereocenters. The minimum Gasteiger partial charge on any atom is -0.339 e. The summed E-state index contributed by atoms with van der Waals surface area (Å²) >= 11 is 1.50. The molecule has 7 heteroatoms. The molecule has 0 saturated carbocycles. The van der Waals surface area contributed by atoms with Crippen molar-refractivity contribution in [2.45, 2.75) is 36.0 Å². The Bertz CT molecular complexity index is 957. The number of carbonyl (C=O) groups is 1. The van der Waals surface area contributed by atoms with Crippen molar-refractivity contribution in [2.75, 3.05) is 10.5 Å². The van der Waals surface area contributed by atoms with Gasteiger partial charge in [0.05, 0.1) is 10.6 Å². The molecule has 0 bridgehead atoms. The van der Waals surface area contributed by atoms with E-state index in [0.717, 1.165) is 30.4 Å². The molecule has 1 heterocycles. The van der Waals surface area contributed by atoms with Gasteiger partial charge in [-0.05, 0) is 66.6 Å². The highest BCUT2D eigenvalue weighted by molar-refractivity contribution is 8.00. The Hall–Kier alpha value is -1.99. The lowest BCUT2D eigenvalue weighted by molar-refractivity contribution is -0.118. The van der Waals surface area contributed by atoms with Crippen LogP contribution in [0.4, 0.5) is 5.69 Å². The minimum absolute atomic E-state index is 0.0000399. The van der Waals surface area contributed by atoms with E-state index in [0.29, 0.717) is 16.3 Å². The van der Waals surface area contributed by atoms with Crippen molar-refractivity contribution in [1.82, 2.24) is 5.32 Å². The van der Waals surface area contributed by atoms with Crippen molar-refractivity contribution in [2.24, 2.45) is 0 Å². The lowest BCUT2D eigenvalue weighted by Gasteiger charge is -2.17. The maximum Gasteiger partial charge on any atom is 0.261 e. The van der Waals surface area contributed by atoms with Crippen LogP contribution in [0.2, 0.25) is 0 Å². The first kappa shape index (κ1) is 17.4. The lowest BCUT2D eigenvalue weighted by Crippen LogP contribution is -2.19. The van der Waals surface area contributed by atoms with Crippen LogP contribution in [-0.4, -0.2) is 20.1 Å². The molecule has 1 fully saturated rings. The fourth-order valence-electron chi connectivity index (χ4n) is 3.42. The van der Waals surface area contributed by atoms with Crippen LogP contribution in [0.15, 0.2) is 47.4 Å². The molecule has 26 heavy (non-hydrogen) atoms. The number of thioether (sulfide) groups is 1. The van der Waals surface area contributed by atoms with Crippen LogP contribution in [0.25, 0.3) is 0 Å². The Morgan fingerprint density at radius 2 is 1.85 bits per heavy atom. The zero-order valence-corrected chi connectivity index (χ0v) is 15.8. The third-order valence-electron chi connectivity index (χ3n) is 4.75. The Kier molecular flexibility index (Phi) is 4.67. The van der Waals surface area contributed by atoms with E-state index >= 15 is 0 Å². The molecule has 2 aliphatic rings. The summed E-state index contributed by atoms with van der Waals surface area (Å²) in [6.45, 7) is 0. The Balaban J connectivity index is 1.57. The topological polar surface area (TPSA) is 75.3 Å². The second-order valence-electron chi connectivity index (χ2n) is 6.63. The van der Waals surface area contributed by atoms with Gasteiger partial charge in [0.2, 0.25) is 5.91 Å². The predicted molar refractivity (Wildman–Crippen MR) is 104 cm³/mol. The van der Waals surface area contributed by atoms with E-state index in [1.165, 1.54) is 23.7 Å². The second-order valence-corrected chi connectivity index (χ2v) is 9.40. The molecule has 1 aliphatic heterocycles. The molecule has 5 nitrogen and oxygen atoms in total. The molecule has 2 N–H and O–H groups in total. The summed E-state index contributed by atoms with van der Waals surface area (Å²) in [6, 6.07) is 12.6. The van der Waals surface area contributed by atoms with Crippen LogP contribution in [0.3, 0.4) is 0 Å². The van der Waals surface area contributed by atoms with E-state index in [-0.39, 0.29) is 11.3 Å². The van der Waals surface area contributed by atoms with E-state index in [1.54, 1.807) is 30.3 Å². The minimum atomic E-state index is -3.64. The molecular formula is C19H20N2O3S2. The predicted octanol–water partition coefficient (Wildman–Crippen LogP) is 3.23. The summed E-state index contributed by atoms with van der Waals surface area (Å²) in [4.78, 5) is 11.7. The Morgan fingerprint density at radius 3 is 2.62 bits per heavy atom. The smallest absolute Gasteiger partial charge is 0.261 e. The van der Waals surface area contributed by atoms with Gasteiger partial charge in [-0.15, -0.1) is 11.8 Å². The highest BCUT2D eigenvalue weighted by atomic mass is 32.2. The molecule has 0 aromatic heterocycles. The summed E-state index contributed by atoms with van der Waals surface area (Å²) in [5.41, 5.74) is 3.78. The normalized spacial score (nSPS) is 19.7. The molecule has 136 valence electrons. The summed E-state index contributed by atoms with van der Waals surface area (Å²) in [5, 5.41) is 2.74. The second kappa shape index (κ2) is 6.96. The first-order valence-electron chi connectivity index (χ1n) is 8.67. The average Bonchev–Trinajstić information content (AvgIpc) is 3.08. The van der Waals surface area contributed by atoms with Gasteiger partial charge in [0.25, 0.3) is 10.0 Å². The number of aryl methyl sites for hydroxylation is 2. The number of amides is 1. The summed E-state index contributed by atoms with van der Waals surface area (Å²) < 4.78 is 28.2. The molecule has 2 aromatic rings. The average molecular weight is 389 g/mol. The maximum atomic E-state index is 12.8. The third-order valence-corrected chi connectivity index (χ3v) is 7.28. The monoisotopic (exact) mass is 388 g/mol. The van der Waals surface area contributed by atoms with Gasteiger partial charge in [-0.1, -0.05) is 18.2 Å². The molecule has 1 atom stereocenters. The molecule has 2 aromatic carbocycles. The SMILES string of the molecule is O=C1CS[C@H](c2cccc(NS(=O)(=O)c3ccc4c(c3)CCCC4)c2)N1. The molecular weight excluding hydrogens is 368 g/mol. The molecule has 1 saturated heterocycles. The van der Waals surface area contributed by atoms with Crippen LogP contribution in [0.5, 0.6) is 0 Å². The van der Waals surface area contributed by atoms with Gasteiger partial charge in [0.1, 0.15) is 5.37 Å². The number of sulfonamides is 1. The van der Waals surface area contributed by atoms with Crippen molar-refractivity contribution in [3.8, 4) is 0 Å². The van der Waals surface area contributed by atoms with Gasteiger partial charge in [-0.3, -0.25) is 9.52 Å². The fraction of sp³-hybridized carbons (Fsp3) is 0.316. The molecule has 1 aliphatic carbocycles. The van der Waals surface area contributed by atoms with E-state index in [1.807, 2.05) is 12.1 Å². The number of rotatable bonds is 4. The highest BCUT2D eigenvalue weighted by Crippen LogP contribution is 2.32. The van der Waals surface area contributed by atoms with Gasteiger partial charge in [-0.2, -0.15) is 0 Å². The zero-order valence-electron chi connectivity index (χ0n) is 14.2. The Labute approximate surface area is 157 Å². The van der Waals surface area contributed by atoms with Crippen LogP contribution in [-0.2, 0) is 27.7 Å². The number of nitrogens with one attached hydrogen (secondary N) is 2. The molecule has 4 rings (SSSR count). The number of benzene rings is 2. The first-order chi connectivity index (χ1) is 12.5. The van der Waals surface area contributed by atoms with Crippen LogP contribution >= 0.6 is 11.8 Å². The number of hydrogen-bond acceptors (Lipinski definition) is 4. The Morgan fingerprint density at radius 1 is 1.04 bits per heavy atom. The van der Waals surface area contributed by atoms with Gasteiger partial charge < -0.3 is 5.32 Å². The fourth-order valence-corrected chi connectivity index (χ4v) is 5.48. The van der Waals surface area contributed by atoms with Gasteiger partial charge in [0.15, 0.2) is 0 Å². The van der Waals surface area contributed by atoms with Gasteiger partial charge in [0, 0.05) is 5.69 Å². The molecule has 0 radical (unpaired) electrons. The lowest BCUT2D eigenvalue weighted by atomic mass is 9.92. The summed E-state index contributed by atoms with van der Waals surface area (Å²) in [6.07, 6.45) is 4.24. The maximum absolute atomic E-state index is 12.8. The number of fused-ring (bicyclic) bond motifs is 1. The van der Waals surface area contributed by atoms with Crippen LogP contribution in [0, 0.1) is 0 Å². The molecule has 1 amide bonds. The summed E-state index contributed by atoms with van der Waals surface area (Å²) in [5.74, 6) is 0.426. The quantitative estimate of drug-likeness (QED) is 0.843. The van der Waals surface area contributed by atoms with Crippen molar-refractivity contribution < 1.29 is 13.2 Å².